The molecule has 0 aromatic carbocycles. The molecule has 0 aliphatic rings. The quantitative estimate of drug-likeness (QED) is 0.364. The fourth-order valence-electron chi connectivity index (χ4n) is 3.38. The zero-order valence-corrected chi connectivity index (χ0v) is 16.4. The molecule has 0 atom stereocenters. The van der Waals surface area contributed by atoms with Gasteiger partial charge in [0, 0.05) is 6.20 Å². The molecule has 142 valence electrons. The number of carboxylic acids is 1. The SMILES string of the molecule is CCCCCCCCc1ccnc(CCCCCCCC)c1C(=O)O. The van der Waals surface area contributed by atoms with Gasteiger partial charge in [0.1, 0.15) is 0 Å². The molecule has 0 radical (unpaired) electrons. The maximum absolute atomic E-state index is 11.8. The van der Waals surface area contributed by atoms with Crippen LogP contribution in [0.15, 0.2) is 12.3 Å². The highest BCUT2D eigenvalue weighted by atomic mass is 16.4. The number of carbonyl (C=O) groups is 1. The van der Waals surface area contributed by atoms with Gasteiger partial charge in [-0.25, -0.2) is 4.79 Å². The first kappa shape index (κ1) is 21.7. The van der Waals surface area contributed by atoms with Gasteiger partial charge in [-0.1, -0.05) is 78.1 Å². The van der Waals surface area contributed by atoms with E-state index in [1.54, 1.807) is 6.20 Å². The summed E-state index contributed by atoms with van der Waals surface area (Å²) in [6, 6.07) is 1.90. The second-order valence-electron chi connectivity index (χ2n) is 7.13. The van der Waals surface area contributed by atoms with E-state index in [4.69, 9.17) is 0 Å². The molecule has 1 aromatic heterocycles. The Balaban J connectivity index is 2.50. The van der Waals surface area contributed by atoms with Crippen molar-refractivity contribution in [3.63, 3.8) is 0 Å². The minimum atomic E-state index is -0.810. The van der Waals surface area contributed by atoms with E-state index < -0.39 is 5.97 Å². The van der Waals surface area contributed by atoms with E-state index in [1.807, 2.05) is 6.07 Å². The van der Waals surface area contributed by atoms with E-state index in [0.717, 1.165) is 36.9 Å². The molecule has 0 unspecified atom stereocenters. The van der Waals surface area contributed by atoms with E-state index in [1.165, 1.54) is 64.2 Å². The van der Waals surface area contributed by atoms with Gasteiger partial charge in [-0.2, -0.15) is 0 Å². The highest BCUT2D eigenvalue weighted by Gasteiger charge is 2.16. The van der Waals surface area contributed by atoms with Crippen LogP contribution in [0.3, 0.4) is 0 Å². The Kier molecular flexibility index (Phi) is 12.0. The van der Waals surface area contributed by atoms with Crippen molar-refractivity contribution >= 4 is 5.97 Å². The van der Waals surface area contributed by atoms with Crippen molar-refractivity contribution in [1.29, 1.82) is 0 Å². The van der Waals surface area contributed by atoms with Crippen LogP contribution in [0.2, 0.25) is 0 Å². The molecular weight excluding hydrogens is 310 g/mol. The average molecular weight is 348 g/mol. The Labute approximate surface area is 154 Å². The predicted octanol–water partition coefficient (Wildman–Crippen LogP) is 6.59. The Morgan fingerprint density at radius 2 is 1.36 bits per heavy atom. The van der Waals surface area contributed by atoms with E-state index in [2.05, 4.69) is 18.8 Å². The number of hydrogen-bond acceptors (Lipinski definition) is 2. The summed E-state index contributed by atoms with van der Waals surface area (Å²) in [6.07, 6.45) is 18.1. The molecule has 0 saturated heterocycles. The van der Waals surface area contributed by atoms with Crippen molar-refractivity contribution in [2.45, 2.75) is 104 Å². The van der Waals surface area contributed by atoms with Crippen LogP contribution >= 0.6 is 0 Å². The number of carboxylic acid groups (broad SMARTS) is 1. The Bertz CT molecular complexity index is 451. The van der Waals surface area contributed by atoms with Gasteiger partial charge in [0.15, 0.2) is 0 Å². The number of unbranched alkanes of at least 4 members (excludes halogenated alkanes) is 10. The van der Waals surface area contributed by atoms with Gasteiger partial charge in [0.2, 0.25) is 0 Å². The lowest BCUT2D eigenvalue weighted by Crippen LogP contribution is -2.09. The molecule has 0 aliphatic carbocycles. The van der Waals surface area contributed by atoms with Crippen LogP contribution in [0.5, 0.6) is 0 Å². The van der Waals surface area contributed by atoms with Gasteiger partial charge in [-0.3, -0.25) is 4.98 Å². The summed E-state index contributed by atoms with van der Waals surface area (Å²) >= 11 is 0. The summed E-state index contributed by atoms with van der Waals surface area (Å²) < 4.78 is 0. The topological polar surface area (TPSA) is 50.2 Å². The van der Waals surface area contributed by atoms with Crippen LogP contribution in [0, 0.1) is 0 Å². The summed E-state index contributed by atoms with van der Waals surface area (Å²) in [6.45, 7) is 4.44. The van der Waals surface area contributed by atoms with E-state index >= 15 is 0 Å². The molecule has 1 aromatic rings. The van der Waals surface area contributed by atoms with Crippen molar-refractivity contribution in [3.8, 4) is 0 Å². The minimum Gasteiger partial charge on any atom is -0.478 e. The van der Waals surface area contributed by atoms with Crippen molar-refractivity contribution in [1.82, 2.24) is 4.98 Å². The van der Waals surface area contributed by atoms with Crippen LogP contribution in [-0.2, 0) is 12.8 Å². The average Bonchev–Trinajstić information content (AvgIpc) is 2.60. The van der Waals surface area contributed by atoms with E-state index in [0.29, 0.717) is 5.56 Å². The van der Waals surface area contributed by atoms with Gasteiger partial charge < -0.3 is 5.11 Å². The zero-order valence-electron chi connectivity index (χ0n) is 16.4. The summed E-state index contributed by atoms with van der Waals surface area (Å²) in [4.78, 5) is 16.1. The highest BCUT2D eigenvalue weighted by molar-refractivity contribution is 5.90. The number of hydrogen-bond donors (Lipinski definition) is 1. The first-order valence-corrected chi connectivity index (χ1v) is 10.4. The smallest absolute Gasteiger partial charge is 0.337 e. The van der Waals surface area contributed by atoms with Crippen LogP contribution in [0.1, 0.15) is 113 Å². The Morgan fingerprint density at radius 1 is 0.840 bits per heavy atom. The van der Waals surface area contributed by atoms with Crippen LogP contribution in [0.25, 0.3) is 0 Å². The molecular formula is C22H37NO2. The molecule has 0 bridgehead atoms. The fourth-order valence-corrected chi connectivity index (χ4v) is 3.38. The molecule has 3 heteroatoms. The van der Waals surface area contributed by atoms with Crippen molar-refractivity contribution in [2.24, 2.45) is 0 Å². The van der Waals surface area contributed by atoms with E-state index in [9.17, 15) is 9.90 Å². The van der Waals surface area contributed by atoms with E-state index in [-0.39, 0.29) is 0 Å². The number of nitrogens with zero attached hydrogens (tertiary/aromatic N) is 1. The van der Waals surface area contributed by atoms with Gasteiger partial charge in [-0.15, -0.1) is 0 Å². The number of aromatic nitrogens is 1. The number of aromatic carboxylic acids is 1. The standard InChI is InChI=1S/C22H37NO2/c1-3-5-7-9-11-13-15-19-17-18-23-20(21(19)22(24)25)16-14-12-10-8-6-4-2/h17-18H,3-16H2,1-2H3,(H,24,25). The summed E-state index contributed by atoms with van der Waals surface area (Å²) in [5, 5.41) is 9.65. The highest BCUT2D eigenvalue weighted by Crippen LogP contribution is 2.19. The molecule has 0 amide bonds. The summed E-state index contributed by atoms with van der Waals surface area (Å²) in [7, 11) is 0. The predicted molar refractivity (Wildman–Crippen MR) is 105 cm³/mol. The van der Waals surface area contributed by atoms with Gasteiger partial charge in [-0.05, 0) is 37.3 Å². The summed E-state index contributed by atoms with van der Waals surface area (Å²) in [5.41, 5.74) is 2.23. The fraction of sp³-hybridized carbons (Fsp3) is 0.727. The molecule has 0 saturated carbocycles. The third-order valence-corrected chi connectivity index (χ3v) is 4.90. The van der Waals surface area contributed by atoms with Gasteiger partial charge in [0.25, 0.3) is 0 Å². The Morgan fingerprint density at radius 3 is 1.92 bits per heavy atom. The number of aryl methyl sites for hydroxylation is 2. The van der Waals surface area contributed by atoms with Crippen molar-refractivity contribution < 1.29 is 9.90 Å². The second kappa shape index (κ2) is 13.9. The maximum Gasteiger partial charge on any atom is 0.337 e. The first-order chi connectivity index (χ1) is 12.2. The van der Waals surface area contributed by atoms with Gasteiger partial charge in [0.05, 0.1) is 11.3 Å². The molecule has 0 aliphatic heterocycles. The lowest BCUT2D eigenvalue weighted by molar-refractivity contribution is 0.0693. The normalized spacial score (nSPS) is 11.0. The lowest BCUT2D eigenvalue weighted by atomic mass is 9.97. The lowest BCUT2D eigenvalue weighted by Gasteiger charge is -2.11. The summed E-state index contributed by atoms with van der Waals surface area (Å²) in [5.74, 6) is -0.810. The minimum absolute atomic E-state index is 0.476. The molecule has 0 fully saturated rings. The first-order valence-electron chi connectivity index (χ1n) is 10.4. The third kappa shape index (κ3) is 9.04. The molecule has 3 nitrogen and oxygen atoms in total. The number of rotatable bonds is 15. The van der Waals surface area contributed by atoms with Crippen LogP contribution in [0.4, 0.5) is 0 Å². The monoisotopic (exact) mass is 347 g/mol. The molecule has 1 N–H and O–H groups in total. The Hall–Kier alpha value is -1.38. The zero-order chi connectivity index (χ0) is 18.3. The van der Waals surface area contributed by atoms with Crippen molar-refractivity contribution in [3.05, 3.63) is 29.1 Å². The molecule has 25 heavy (non-hydrogen) atoms. The van der Waals surface area contributed by atoms with Crippen molar-refractivity contribution in [2.75, 3.05) is 0 Å². The maximum atomic E-state index is 11.8. The van der Waals surface area contributed by atoms with Crippen LogP contribution < -0.4 is 0 Å². The second-order valence-corrected chi connectivity index (χ2v) is 7.13. The third-order valence-electron chi connectivity index (χ3n) is 4.90. The molecule has 0 spiro atoms. The van der Waals surface area contributed by atoms with Crippen LogP contribution in [-0.4, -0.2) is 16.1 Å². The molecule has 1 heterocycles. The largest absolute Gasteiger partial charge is 0.478 e. The number of pyridine rings is 1. The molecule has 1 rings (SSSR count). The van der Waals surface area contributed by atoms with Gasteiger partial charge >= 0.3 is 5.97 Å².